The molecule has 1 aliphatic rings. The SMILES string of the molecule is CC(C)n1cc(-c2cnc(N)c(-c3cc(-c4ccc(CNC5CC5)cc4)no3)n2)ccc1=O. The Balaban J connectivity index is 1.41. The van der Waals surface area contributed by atoms with Gasteiger partial charge in [0.25, 0.3) is 5.56 Å². The van der Waals surface area contributed by atoms with Crippen LogP contribution < -0.4 is 16.6 Å². The third-order valence-electron chi connectivity index (χ3n) is 5.76. The van der Waals surface area contributed by atoms with Crippen LogP contribution in [0.5, 0.6) is 0 Å². The van der Waals surface area contributed by atoms with Gasteiger partial charge in [-0.2, -0.15) is 0 Å². The summed E-state index contributed by atoms with van der Waals surface area (Å²) in [5.74, 6) is 0.689. The fourth-order valence-electron chi connectivity index (χ4n) is 3.64. The lowest BCUT2D eigenvalue weighted by Crippen LogP contribution is -2.20. The molecule has 5 rings (SSSR count). The van der Waals surface area contributed by atoms with Gasteiger partial charge in [-0.3, -0.25) is 4.79 Å². The normalized spacial score (nSPS) is 13.5. The molecular formula is C25H26N6O2. The molecule has 0 radical (unpaired) electrons. The predicted molar refractivity (Wildman–Crippen MR) is 127 cm³/mol. The second-order valence-corrected chi connectivity index (χ2v) is 8.67. The highest BCUT2D eigenvalue weighted by atomic mass is 16.5. The van der Waals surface area contributed by atoms with Crippen LogP contribution in [0.4, 0.5) is 5.82 Å². The maximum Gasteiger partial charge on any atom is 0.250 e. The van der Waals surface area contributed by atoms with E-state index >= 15 is 0 Å². The topological polar surface area (TPSA) is 112 Å². The lowest BCUT2D eigenvalue weighted by atomic mass is 10.1. The zero-order chi connectivity index (χ0) is 22.9. The summed E-state index contributed by atoms with van der Waals surface area (Å²) in [4.78, 5) is 21.1. The highest BCUT2D eigenvalue weighted by molar-refractivity contribution is 5.72. The van der Waals surface area contributed by atoms with Crippen LogP contribution >= 0.6 is 0 Å². The molecule has 3 aromatic heterocycles. The Labute approximate surface area is 191 Å². The smallest absolute Gasteiger partial charge is 0.250 e. The van der Waals surface area contributed by atoms with Crippen LogP contribution in [0.25, 0.3) is 34.0 Å². The van der Waals surface area contributed by atoms with Gasteiger partial charge in [0.05, 0.1) is 11.9 Å². The Hall–Kier alpha value is -3.78. The van der Waals surface area contributed by atoms with Crippen LogP contribution in [-0.2, 0) is 6.54 Å². The Morgan fingerprint density at radius 3 is 2.61 bits per heavy atom. The number of anilines is 1. The number of hydrogen-bond donors (Lipinski definition) is 2. The number of nitrogens with zero attached hydrogens (tertiary/aromatic N) is 4. The van der Waals surface area contributed by atoms with Gasteiger partial charge in [-0.05, 0) is 38.3 Å². The molecule has 1 aromatic carbocycles. The zero-order valence-corrected chi connectivity index (χ0v) is 18.7. The predicted octanol–water partition coefficient (Wildman–Crippen LogP) is 4.04. The second-order valence-electron chi connectivity index (χ2n) is 8.67. The van der Waals surface area contributed by atoms with Gasteiger partial charge in [-0.25, -0.2) is 9.97 Å². The maximum atomic E-state index is 12.1. The van der Waals surface area contributed by atoms with Crippen molar-refractivity contribution in [3.05, 3.63) is 70.8 Å². The molecule has 33 heavy (non-hydrogen) atoms. The average molecular weight is 443 g/mol. The molecule has 0 aliphatic heterocycles. The van der Waals surface area contributed by atoms with Crippen molar-refractivity contribution in [3.63, 3.8) is 0 Å². The van der Waals surface area contributed by atoms with E-state index in [1.54, 1.807) is 23.0 Å². The number of pyridine rings is 1. The molecular weight excluding hydrogens is 416 g/mol. The Kier molecular flexibility index (Phi) is 5.51. The summed E-state index contributed by atoms with van der Waals surface area (Å²) in [5.41, 5.74) is 10.7. The fraction of sp³-hybridized carbons (Fsp3) is 0.280. The maximum absolute atomic E-state index is 12.1. The minimum Gasteiger partial charge on any atom is -0.382 e. The monoisotopic (exact) mass is 442 g/mol. The number of nitrogens with one attached hydrogen (secondary N) is 1. The van der Waals surface area contributed by atoms with E-state index in [4.69, 9.17) is 10.3 Å². The molecule has 1 fully saturated rings. The van der Waals surface area contributed by atoms with Crippen LogP contribution in [0.15, 0.2) is 64.2 Å². The summed E-state index contributed by atoms with van der Waals surface area (Å²) in [7, 11) is 0. The third kappa shape index (κ3) is 4.56. The van der Waals surface area contributed by atoms with Crippen LogP contribution in [0.1, 0.15) is 38.3 Å². The van der Waals surface area contributed by atoms with E-state index in [9.17, 15) is 4.79 Å². The number of nitrogen functional groups attached to an aromatic ring is 1. The first-order valence-corrected chi connectivity index (χ1v) is 11.1. The minimum absolute atomic E-state index is 0.0337. The lowest BCUT2D eigenvalue weighted by Gasteiger charge is -2.11. The van der Waals surface area contributed by atoms with E-state index in [0.717, 1.165) is 17.7 Å². The van der Waals surface area contributed by atoms with Crippen LogP contribution in [0, 0.1) is 0 Å². The summed E-state index contributed by atoms with van der Waals surface area (Å²) in [6.45, 7) is 4.78. The van der Waals surface area contributed by atoms with E-state index in [0.29, 0.717) is 28.9 Å². The van der Waals surface area contributed by atoms with Gasteiger partial charge >= 0.3 is 0 Å². The summed E-state index contributed by atoms with van der Waals surface area (Å²) in [6.07, 6.45) is 5.92. The average Bonchev–Trinajstić information content (AvgIpc) is 3.53. The van der Waals surface area contributed by atoms with Gasteiger partial charge in [0.2, 0.25) is 0 Å². The van der Waals surface area contributed by atoms with Gasteiger partial charge < -0.3 is 20.1 Å². The molecule has 0 bridgehead atoms. The second kappa shape index (κ2) is 8.63. The molecule has 3 N–H and O–H groups in total. The van der Waals surface area contributed by atoms with Gasteiger partial charge in [0.1, 0.15) is 5.69 Å². The fourth-order valence-corrected chi connectivity index (χ4v) is 3.64. The number of rotatable bonds is 7. The molecule has 1 saturated carbocycles. The quantitative estimate of drug-likeness (QED) is 0.444. The van der Waals surface area contributed by atoms with E-state index < -0.39 is 0 Å². The largest absolute Gasteiger partial charge is 0.382 e. The molecule has 168 valence electrons. The molecule has 1 aliphatic carbocycles. The van der Waals surface area contributed by atoms with Gasteiger partial charge in [0, 0.05) is 48.1 Å². The van der Waals surface area contributed by atoms with E-state index in [1.807, 2.05) is 32.0 Å². The summed E-state index contributed by atoms with van der Waals surface area (Å²) < 4.78 is 7.23. The summed E-state index contributed by atoms with van der Waals surface area (Å²) in [6, 6.07) is 14.1. The first-order chi connectivity index (χ1) is 16.0. The molecule has 4 aromatic rings. The Morgan fingerprint density at radius 1 is 1.12 bits per heavy atom. The molecule has 0 amide bonds. The third-order valence-corrected chi connectivity index (χ3v) is 5.76. The van der Waals surface area contributed by atoms with E-state index in [-0.39, 0.29) is 17.4 Å². The van der Waals surface area contributed by atoms with E-state index in [2.05, 4.69) is 32.6 Å². The van der Waals surface area contributed by atoms with Crippen molar-refractivity contribution in [3.8, 4) is 34.0 Å². The van der Waals surface area contributed by atoms with Gasteiger partial charge in [-0.15, -0.1) is 0 Å². The Bertz CT molecular complexity index is 1340. The van der Waals surface area contributed by atoms with Crippen molar-refractivity contribution in [1.29, 1.82) is 0 Å². The van der Waals surface area contributed by atoms with Gasteiger partial charge in [0.15, 0.2) is 17.3 Å². The van der Waals surface area contributed by atoms with Gasteiger partial charge in [-0.1, -0.05) is 29.4 Å². The first kappa shape index (κ1) is 21.1. The number of aromatic nitrogens is 4. The highest BCUT2D eigenvalue weighted by Gasteiger charge is 2.20. The molecule has 0 spiro atoms. The lowest BCUT2D eigenvalue weighted by molar-refractivity contribution is 0.434. The molecule has 8 nitrogen and oxygen atoms in total. The van der Waals surface area contributed by atoms with Crippen LogP contribution in [-0.4, -0.2) is 25.7 Å². The van der Waals surface area contributed by atoms with Crippen molar-refractivity contribution in [2.75, 3.05) is 5.73 Å². The number of hydrogen-bond acceptors (Lipinski definition) is 7. The zero-order valence-electron chi connectivity index (χ0n) is 18.7. The van der Waals surface area contributed by atoms with Crippen LogP contribution in [0.2, 0.25) is 0 Å². The molecule has 0 unspecified atom stereocenters. The number of benzene rings is 1. The molecule has 8 heteroatoms. The minimum atomic E-state index is -0.0633. The Morgan fingerprint density at radius 2 is 1.88 bits per heavy atom. The molecule has 0 atom stereocenters. The molecule has 3 heterocycles. The van der Waals surface area contributed by atoms with E-state index in [1.165, 1.54) is 24.5 Å². The van der Waals surface area contributed by atoms with Crippen molar-refractivity contribution in [2.24, 2.45) is 0 Å². The van der Waals surface area contributed by atoms with Crippen LogP contribution in [0.3, 0.4) is 0 Å². The standard InChI is InChI=1S/C25H26N6O2/c1-15(2)31-14-18(7-10-23(31)32)21-13-28-25(26)24(29-21)22-11-20(30-33-22)17-5-3-16(4-6-17)12-27-19-8-9-19/h3-7,10-11,13-15,19,27H,8-9,12H2,1-2H3,(H2,26,28). The highest BCUT2D eigenvalue weighted by Crippen LogP contribution is 2.29. The summed E-state index contributed by atoms with van der Waals surface area (Å²) >= 11 is 0. The van der Waals surface area contributed by atoms with Crippen molar-refractivity contribution < 1.29 is 4.52 Å². The first-order valence-electron chi connectivity index (χ1n) is 11.1. The van der Waals surface area contributed by atoms with Crippen molar-refractivity contribution in [2.45, 2.75) is 45.3 Å². The molecule has 0 saturated heterocycles. The van der Waals surface area contributed by atoms with Crippen molar-refractivity contribution >= 4 is 5.82 Å². The summed E-state index contributed by atoms with van der Waals surface area (Å²) in [5, 5.41) is 7.72. The number of nitrogens with two attached hydrogens (primary N) is 1. The van der Waals surface area contributed by atoms with Crippen molar-refractivity contribution in [1.82, 2.24) is 25.0 Å².